The Hall–Kier alpha value is -1.92. The van der Waals surface area contributed by atoms with E-state index in [0.717, 1.165) is 42.3 Å². The predicted octanol–water partition coefficient (Wildman–Crippen LogP) is 3.02. The second-order valence-corrected chi connectivity index (χ2v) is 7.14. The Balaban J connectivity index is 1.73. The molecule has 6 heteroatoms. The molecule has 5 nitrogen and oxygen atoms in total. The Morgan fingerprint density at radius 1 is 1.42 bits per heavy atom. The highest BCUT2D eigenvalue weighted by molar-refractivity contribution is 7.13. The highest BCUT2D eigenvalue weighted by Crippen LogP contribution is 2.27. The first kappa shape index (κ1) is 16.9. The van der Waals surface area contributed by atoms with Crippen LogP contribution < -0.4 is 10.5 Å². The van der Waals surface area contributed by atoms with Crippen molar-refractivity contribution in [3.8, 4) is 16.3 Å². The van der Waals surface area contributed by atoms with E-state index in [1.165, 1.54) is 11.3 Å². The van der Waals surface area contributed by atoms with E-state index >= 15 is 0 Å². The molecule has 2 N–H and O–H groups in total. The molecule has 3 rings (SSSR count). The quantitative estimate of drug-likeness (QED) is 0.925. The number of rotatable bonds is 4. The topological polar surface area (TPSA) is 68.5 Å². The normalized spacial score (nSPS) is 19.1. The zero-order chi connectivity index (χ0) is 17.1. The number of carbonyl (C=O) groups excluding carboxylic acids is 1. The summed E-state index contributed by atoms with van der Waals surface area (Å²) in [5.74, 6) is 1.20. The number of likely N-dealkylation sites (tertiary alicyclic amines) is 1. The summed E-state index contributed by atoms with van der Waals surface area (Å²) in [4.78, 5) is 19.2. The lowest BCUT2D eigenvalue weighted by Gasteiger charge is -2.34. The number of carbonyl (C=O) groups is 1. The number of ether oxygens (including phenoxy) is 1. The molecule has 1 aliphatic rings. The maximum absolute atomic E-state index is 12.7. The molecule has 2 aromatic rings. The standard InChI is InChI=1S/C18H23N3O2S/c1-12(19)14-4-3-9-21(10-14)18(22)16-11-24-17(20-16)13-5-7-15(23-2)8-6-13/h5-8,11-12,14H,3-4,9-10,19H2,1-2H3. The summed E-state index contributed by atoms with van der Waals surface area (Å²) in [6.45, 7) is 3.53. The summed E-state index contributed by atoms with van der Waals surface area (Å²) >= 11 is 1.49. The van der Waals surface area contributed by atoms with Crippen LogP contribution in [0, 0.1) is 5.92 Å². The van der Waals surface area contributed by atoms with Crippen molar-refractivity contribution in [2.24, 2.45) is 11.7 Å². The van der Waals surface area contributed by atoms with Crippen LogP contribution in [-0.4, -0.2) is 42.0 Å². The third-order valence-electron chi connectivity index (χ3n) is 4.55. The SMILES string of the molecule is COc1ccc(-c2nc(C(=O)N3CCCC(C(C)N)C3)cs2)cc1. The molecule has 2 atom stereocenters. The van der Waals surface area contributed by atoms with E-state index < -0.39 is 0 Å². The molecule has 1 amide bonds. The van der Waals surface area contributed by atoms with Crippen LogP contribution in [0.2, 0.25) is 0 Å². The molecule has 1 aromatic heterocycles. The largest absolute Gasteiger partial charge is 0.497 e. The Morgan fingerprint density at radius 3 is 2.83 bits per heavy atom. The molecule has 0 bridgehead atoms. The molecule has 1 fully saturated rings. The number of hydrogen-bond donors (Lipinski definition) is 1. The van der Waals surface area contributed by atoms with E-state index in [9.17, 15) is 4.79 Å². The number of nitrogens with zero attached hydrogens (tertiary/aromatic N) is 2. The zero-order valence-electron chi connectivity index (χ0n) is 14.1. The molecule has 1 aliphatic heterocycles. The fourth-order valence-corrected chi connectivity index (χ4v) is 3.82. The molecule has 2 unspecified atom stereocenters. The molecule has 0 aliphatic carbocycles. The first-order chi connectivity index (χ1) is 11.6. The van der Waals surface area contributed by atoms with Crippen LogP contribution in [0.4, 0.5) is 0 Å². The van der Waals surface area contributed by atoms with Gasteiger partial charge in [0.15, 0.2) is 0 Å². The second kappa shape index (κ2) is 7.32. The summed E-state index contributed by atoms with van der Waals surface area (Å²) in [6.07, 6.45) is 2.10. The van der Waals surface area contributed by atoms with Gasteiger partial charge in [-0.3, -0.25) is 4.79 Å². The van der Waals surface area contributed by atoms with E-state index in [4.69, 9.17) is 10.5 Å². The van der Waals surface area contributed by atoms with Crippen LogP contribution in [-0.2, 0) is 0 Å². The summed E-state index contributed by atoms with van der Waals surface area (Å²) in [5.41, 5.74) is 7.53. The van der Waals surface area contributed by atoms with Crippen LogP contribution in [0.5, 0.6) is 5.75 Å². The van der Waals surface area contributed by atoms with Crippen LogP contribution in [0.1, 0.15) is 30.3 Å². The van der Waals surface area contributed by atoms with E-state index in [1.807, 2.05) is 41.5 Å². The van der Waals surface area contributed by atoms with E-state index in [1.54, 1.807) is 7.11 Å². The van der Waals surface area contributed by atoms with Crippen molar-refractivity contribution >= 4 is 17.2 Å². The number of amides is 1. The third-order valence-corrected chi connectivity index (χ3v) is 5.44. The summed E-state index contributed by atoms with van der Waals surface area (Å²) in [6, 6.07) is 7.83. The minimum absolute atomic E-state index is 0.0105. The van der Waals surface area contributed by atoms with Crippen molar-refractivity contribution in [2.75, 3.05) is 20.2 Å². The number of nitrogens with two attached hydrogens (primary N) is 1. The van der Waals surface area contributed by atoms with Gasteiger partial charge in [0.05, 0.1) is 7.11 Å². The lowest BCUT2D eigenvalue weighted by atomic mass is 9.92. The lowest BCUT2D eigenvalue weighted by Crippen LogP contribution is -2.45. The smallest absolute Gasteiger partial charge is 0.273 e. The van der Waals surface area contributed by atoms with Gasteiger partial charge in [-0.2, -0.15) is 0 Å². The van der Waals surface area contributed by atoms with E-state index in [2.05, 4.69) is 4.98 Å². The van der Waals surface area contributed by atoms with Crippen LogP contribution in [0.15, 0.2) is 29.6 Å². The van der Waals surface area contributed by atoms with Gasteiger partial charge in [0.1, 0.15) is 16.5 Å². The fraction of sp³-hybridized carbons (Fsp3) is 0.444. The Labute approximate surface area is 146 Å². The Bertz CT molecular complexity index is 697. The number of thiazole rings is 1. The monoisotopic (exact) mass is 345 g/mol. The third kappa shape index (κ3) is 3.60. The van der Waals surface area contributed by atoms with Crippen molar-refractivity contribution < 1.29 is 9.53 Å². The van der Waals surface area contributed by atoms with Crippen molar-refractivity contribution in [1.82, 2.24) is 9.88 Å². The maximum Gasteiger partial charge on any atom is 0.273 e. The Kier molecular flexibility index (Phi) is 5.16. The van der Waals surface area contributed by atoms with Crippen molar-refractivity contribution in [2.45, 2.75) is 25.8 Å². The summed E-state index contributed by atoms with van der Waals surface area (Å²) < 4.78 is 5.17. The van der Waals surface area contributed by atoms with Crippen molar-refractivity contribution in [3.63, 3.8) is 0 Å². The molecule has 2 heterocycles. The first-order valence-corrected chi connectivity index (χ1v) is 9.11. The van der Waals surface area contributed by atoms with Crippen LogP contribution in [0.3, 0.4) is 0 Å². The molecular formula is C18H23N3O2S. The maximum atomic E-state index is 12.7. The number of methoxy groups -OCH3 is 1. The van der Waals surface area contributed by atoms with Crippen molar-refractivity contribution in [1.29, 1.82) is 0 Å². The van der Waals surface area contributed by atoms with Gasteiger partial charge in [0, 0.05) is 30.1 Å². The average molecular weight is 345 g/mol. The molecule has 24 heavy (non-hydrogen) atoms. The molecule has 0 radical (unpaired) electrons. The molecule has 0 spiro atoms. The minimum Gasteiger partial charge on any atom is -0.497 e. The average Bonchev–Trinajstić information content (AvgIpc) is 3.11. The van der Waals surface area contributed by atoms with Gasteiger partial charge in [0.25, 0.3) is 5.91 Å². The number of benzene rings is 1. The second-order valence-electron chi connectivity index (χ2n) is 6.28. The van der Waals surface area contributed by atoms with Gasteiger partial charge in [0.2, 0.25) is 0 Å². The van der Waals surface area contributed by atoms with Gasteiger partial charge in [-0.1, -0.05) is 0 Å². The van der Waals surface area contributed by atoms with Gasteiger partial charge in [-0.15, -0.1) is 11.3 Å². The molecule has 0 saturated carbocycles. The fourth-order valence-electron chi connectivity index (χ4n) is 3.02. The number of hydrogen-bond acceptors (Lipinski definition) is 5. The lowest BCUT2D eigenvalue weighted by molar-refractivity contribution is 0.0656. The molecule has 1 saturated heterocycles. The van der Waals surface area contributed by atoms with Crippen molar-refractivity contribution in [3.05, 3.63) is 35.3 Å². The zero-order valence-corrected chi connectivity index (χ0v) is 14.9. The molecule has 1 aromatic carbocycles. The highest BCUT2D eigenvalue weighted by Gasteiger charge is 2.27. The van der Waals surface area contributed by atoms with Gasteiger partial charge >= 0.3 is 0 Å². The van der Waals surface area contributed by atoms with Gasteiger partial charge < -0.3 is 15.4 Å². The van der Waals surface area contributed by atoms with Gasteiger partial charge in [-0.05, 0) is 49.9 Å². The van der Waals surface area contributed by atoms with E-state index in [-0.39, 0.29) is 11.9 Å². The summed E-state index contributed by atoms with van der Waals surface area (Å²) in [5, 5.41) is 2.69. The minimum atomic E-state index is 0.0105. The molecule has 128 valence electrons. The van der Waals surface area contributed by atoms with E-state index in [0.29, 0.717) is 11.6 Å². The highest BCUT2D eigenvalue weighted by atomic mass is 32.1. The summed E-state index contributed by atoms with van der Waals surface area (Å²) in [7, 11) is 1.64. The molecular weight excluding hydrogens is 322 g/mol. The Morgan fingerprint density at radius 2 is 2.17 bits per heavy atom. The van der Waals surface area contributed by atoms with Gasteiger partial charge in [-0.25, -0.2) is 4.98 Å². The van der Waals surface area contributed by atoms with Crippen LogP contribution in [0.25, 0.3) is 10.6 Å². The number of aromatic nitrogens is 1. The predicted molar refractivity (Wildman–Crippen MR) is 96.4 cm³/mol. The van der Waals surface area contributed by atoms with Crippen LogP contribution >= 0.6 is 11.3 Å². The number of piperidine rings is 1. The first-order valence-electron chi connectivity index (χ1n) is 8.23.